The van der Waals surface area contributed by atoms with Crippen molar-refractivity contribution < 1.29 is 0 Å². The van der Waals surface area contributed by atoms with Gasteiger partial charge in [-0.05, 0) is 18.9 Å². The van der Waals surface area contributed by atoms with Crippen molar-refractivity contribution in [3.8, 4) is 0 Å². The van der Waals surface area contributed by atoms with Crippen molar-refractivity contribution in [3.63, 3.8) is 0 Å². The summed E-state index contributed by atoms with van der Waals surface area (Å²) < 4.78 is 0. The van der Waals surface area contributed by atoms with E-state index in [1.807, 2.05) is 0 Å². The van der Waals surface area contributed by atoms with E-state index in [9.17, 15) is 0 Å². The minimum absolute atomic E-state index is 0.613. The van der Waals surface area contributed by atoms with Gasteiger partial charge in [-0.3, -0.25) is 0 Å². The number of hydrogen-bond donors (Lipinski definition) is 1. The van der Waals surface area contributed by atoms with Crippen LogP contribution in [0.1, 0.15) is 40.5 Å². The lowest BCUT2D eigenvalue weighted by molar-refractivity contribution is 0.593. The van der Waals surface area contributed by atoms with Crippen LogP contribution >= 0.6 is 0 Å². The van der Waals surface area contributed by atoms with Gasteiger partial charge in [-0.1, -0.05) is 46.3 Å². The summed E-state index contributed by atoms with van der Waals surface area (Å²) in [6.45, 7) is 9.94. The molecule has 0 spiro atoms. The third-order valence-corrected chi connectivity index (χ3v) is 1.97. The molecule has 0 rings (SSSR count). The Morgan fingerprint density at radius 3 is 2.42 bits per heavy atom. The van der Waals surface area contributed by atoms with Crippen LogP contribution in [-0.4, -0.2) is 12.6 Å². The molecule has 0 saturated carbocycles. The van der Waals surface area contributed by atoms with Crippen molar-refractivity contribution in [1.82, 2.24) is 5.32 Å². The minimum Gasteiger partial charge on any atom is -0.314 e. The average Bonchev–Trinajstić information content (AvgIpc) is 2.03. The smallest absolute Gasteiger partial charge is 0.00105 e. The first kappa shape index (κ1) is 11.7. The summed E-state index contributed by atoms with van der Waals surface area (Å²) in [4.78, 5) is 0. The van der Waals surface area contributed by atoms with Gasteiger partial charge >= 0.3 is 0 Å². The van der Waals surface area contributed by atoms with Crippen molar-refractivity contribution >= 4 is 0 Å². The van der Waals surface area contributed by atoms with Gasteiger partial charge in [-0.25, -0.2) is 0 Å². The SMILES string of the molecule is CCC(C)C=CCCNC(C)C. The van der Waals surface area contributed by atoms with Crippen LogP contribution in [0, 0.1) is 5.92 Å². The molecule has 0 radical (unpaired) electrons. The van der Waals surface area contributed by atoms with Gasteiger partial charge in [0, 0.05) is 6.04 Å². The van der Waals surface area contributed by atoms with Gasteiger partial charge in [0.15, 0.2) is 0 Å². The van der Waals surface area contributed by atoms with Gasteiger partial charge in [0.05, 0.1) is 0 Å². The van der Waals surface area contributed by atoms with E-state index in [2.05, 4.69) is 45.2 Å². The minimum atomic E-state index is 0.613. The van der Waals surface area contributed by atoms with Gasteiger partial charge in [0.2, 0.25) is 0 Å². The Bertz CT molecular complexity index is 116. The fourth-order valence-electron chi connectivity index (χ4n) is 0.920. The lowest BCUT2D eigenvalue weighted by Gasteiger charge is -2.05. The normalized spacial score (nSPS) is 14.4. The first-order valence-electron chi connectivity index (χ1n) is 5.06. The highest BCUT2D eigenvalue weighted by molar-refractivity contribution is 4.86. The summed E-state index contributed by atoms with van der Waals surface area (Å²) in [5.41, 5.74) is 0. The van der Waals surface area contributed by atoms with Crippen molar-refractivity contribution in [2.24, 2.45) is 5.92 Å². The quantitative estimate of drug-likeness (QED) is 0.476. The zero-order chi connectivity index (χ0) is 9.40. The van der Waals surface area contributed by atoms with E-state index in [4.69, 9.17) is 0 Å². The fourth-order valence-corrected chi connectivity index (χ4v) is 0.920. The van der Waals surface area contributed by atoms with Gasteiger partial charge in [0.1, 0.15) is 0 Å². The van der Waals surface area contributed by atoms with Crippen LogP contribution in [0.25, 0.3) is 0 Å². The van der Waals surface area contributed by atoms with E-state index in [0.717, 1.165) is 18.9 Å². The second-order valence-corrected chi connectivity index (χ2v) is 3.71. The van der Waals surface area contributed by atoms with Crippen molar-refractivity contribution in [2.75, 3.05) is 6.54 Å². The first-order chi connectivity index (χ1) is 5.66. The fraction of sp³-hybridized carbons (Fsp3) is 0.818. The van der Waals surface area contributed by atoms with Crippen molar-refractivity contribution in [3.05, 3.63) is 12.2 Å². The molecule has 12 heavy (non-hydrogen) atoms. The second kappa shape index (κ2) is 7.35. The molecular formula is C11H23N. The second-order valence-electron chi connectivity index (χ2n) is 3.71. The van der Waals surface area contributed by atoms with E-state index in [1.54, 1.807) is 0 Å². The van der Waals surface area contributed by atoms with E-state index < -0.39 is 0 Å². The monoisotopic (exact) mass is 169 g/mol. The molecule has 0 aliphatic rings. The third-order valence-electron chi connectivity index (χ3n) is 1.97. The predicted molar refractivity (Wildman–Crippen MR) is 56.4 cm³/mol. The van der Waals surface area contributed by atoms with Crippen LogP contribution in [0.3, 0.4) is 0 Å². The molecule has 0 amide bonds. The van der Waals surface area contributed by atoms with Crippen molar-refractivity contribution in [2.45, 2.75) is 46.6 Å². The van der Waals surface area contributed by atoms with Gasteiger partial charge < -0.3 is 5.32 Å². The molecule has 1 atom stereocenters. The Balaban J connectivity index is 3.24. The zero-order valence-corrected chi connectivity index (χ0v) is 8.93. The highest BCUT2D eigenvalue weighted by atomic mass is 14.9. The highest BCUT2D eigenvalue weighted by Crippen LogP contribution is 2.01. The Kier molecular flexibility index (Phi) is 7.17. The van der Waals surface area contributed by atoms with E-state index in [1.165, 1.54) is 6.42 Å². The summed E-state index contributed by atoms with van der Waals surface area (Å²) >= 11 is 0. The summed E-state index contributed by atoms with van der Waals surface area (Å²) in [6, 6.07) is 0.613. The molecule has 0 aromatic heterocycles. The summed E-state index contributed by atoms with van der Waals surface area (Å²) in [5.74, 6) is 0.740. The molecule has 0 heterocycles. The summed E-state index contributed by atoms with van der Waals surface area (Å²) in [6.07, 6.45) is 6.99. The number of nitrogens with one attached hydrogen (secondary N) is 1. The Hall–Kier alpha value is -0.300. The maximum atomic E-state index is 3.39. The largest absolute Gasteiger partial charge is 0.314 e. The van der Waals surface area contributed by atoms with Crippen LogP contribution in [0.4, 0.5) is 0 Å². The van der Waals surface area contributed by atoms with E-state index in [-0.39, 0.29) is 0 Å². The van der Waals surface area contributed by atoms with E-state index in [0.29, 0.717) is 6.04 Å². The Morgan fingerprint density at radius 1 is 1.25 bits per heavy atom. The average molecular weight is 169 g/mol. The standard InChI is InChI=1S/C11H23N/c1-5-11(4)8-6-7-9-12-10(2)3/h6,8,10-12H,5,7,9H2,1-4H3. The molecule has 1 nitrogen and oxygen atoms in total. The van der Waals surface area contributed by atoms with Crippen LogP contribution in [-0.2, 0) is 0 Å². The molecule has 72 valence electrons. The molecule has 1 N–H and O–H groups in total. The summed E-state index contributed by atoms with van der Waals surface area (Å²) in [7, 11) is 0. The molecule has 0 bridgehead atoms. The molecule has 0 aliphatic heterocycles. The lowest BCUT2D eigenvalue weighted by Crippen LogP contribution is -2.23. The predicted octanol–water partition coefficient (Wildman–Crippen LogP) is 2.98. The first-order valence-corrected chi connectivity index (χ1v) is 5.06. The van der Waals surface area contributed by atoms with Crippen LogP contribution < -0.4 is 5.32 Å². The molecule has 0 saturated heterocycles. The number of hydrogen-bond acceptors (Lipinski definition) is 1. The zero-order valence-electron chi connectivity index (χ0n) is 8.93. The van der Waals surface area contributed by atoms with Gasteiger partial charge in [0.25, 0.3) is 0 Å². The number of allylic oxidation sites excluding steroid dienone is 1. The molecule has 0 aromatic carbocycles. The molecule has 1 unspecified atom stereocenters. The highest BCUT2D eigenvalue weighted by Gasteiger charge is 1.91. The number of rotatable bonds is 6. The maximum absolute atomic E-state index is 3.39. The molecule has 0 fully saturated rings. The molecule has 1 heteroatoms. The lowest BCUT2D eigenvalue weighted by atomic mass is 10.1. The van der Waals surface area contributed by atoms with Gasteiger partial charge in [-0.2, -0.15) is 0 Å². The topological polar surface area (TPSA) is 12.0 Å². The van der Waals surface area contributed by atoms with E-state index >= 15 is 0 Å². The van der Waals surface area contributed by atoms with Crippen LogP contribution in [0.5, 0.6) is 0 Å². The summed E-state index contributed by atoms with van der Waals surface area (Å²) in [5, 5.41) is 3.39. The Labute approximate surface area is 77.2 Å². The van der Waals surface area contributed by atoms with Crippen molar-refractivity contribution in [1.29, 1.82) is 0 Å². The molecular weight excluding hydrogens is 146 g/mol. The molecule has 0 aromatic rings. The third kappa shape index (κ3) is 7.80. The molecule has 0 aliphatic carbocycles. The van der Waals surface area contributed by atoms with Crippen LogP contribution in [0.15, 0.2) is 12.2 Å². The van der Waals surface area contributed by atoms with Gasteiger partial charge in [-0.15, -0.1) is 0 Å². The van der Waals surface area contributed by atoms with Crippen LogP contribution in [0.2, 0.25) is 0 Å². The maximum Gasteiger partial charge on any atom is 0.00105 e. The Morgan fingerprint density at radius 2 is 1.92 bits per heavy atom.